The smallest absolute Gasteiger partial charge is 0.324 e. The van der Waals surface area contributed by atoms with E-state index in [-0.39, 0.29) is 5.97 Å². The molecule has 0 aromatic heterocycles. The van der Waals surface area contributed by atoms with Crippen molar-refractivity contribution in [3.63, 3.8) is 0 Å². The van der Waals surface area contributed by atoms with Gasteiger partial charge in [0.15, 0.2) is 11.6 Å². The molecule has 4 rings (SSSR count). The maximum Gasteiger partial charge on any atom is 0.324 e. The van der Waals surface area contributed by atoms with Gasteiger partial charge in [-0.15, -0.1) is 11.8 Å². The molecule has 0 bridgehead atoms. The number of rotatable bonds is 5. The van der Waals surface area contributed by atoms with Crippen LogP contribution in [0.2, 0.25) is 0 Å². The van der Waals surface area contributed by atoms with Crippen LogP contribution < -0.4 is 4.74 Å². The minimum atomic E-state index is -0.414. The quantitative estimate of drug-likeness (QED) is 0.364. The normalized spacial score (nSPS) is 18.3. The Morgan fingerprint density at radius 3 is 2.86 bits per heavy atom. The van der Waals surface area contributed by atoms with Gasteiger partial charge in [0.1, 0.15) is 19.5 Å². The van der Waals surface area contributed by atoms with Gasteiger partial charge in [0.05, 0.1) is 22.4 Å². The summed E-state index contributed by atoms with van der Waals surface area (Å²) in [6.45, 7) is 3.48. The van der Waals surface area contributed by atoms with Crippen molar-refractivity contribution >= 4 is 45.1 Å². The highest BCUT2D eigenvalue weighted by molar-refractivity contribution is 9.10. The molecule has 2 aliphatic rings. The lowest BCUT2D eigenvalue weighted by Crippen LogP contribution is -2.31. The number of hydrogen-bond donors (Lipinski definition) is 0. The first kappa shape index (κ1) is 20.4. The van der Waals surface area contributed by atoms with E-state index in [9.17, 15) is 4.79 Å². The number of carbonyl (C=O) groups is 1. The zero-order valence-corrected chi connectivity index (χ0v) is 19.2. The summed E-state index contributed by atoms with van der Waals surface area (Å²) < 4.78 is 14.5. The molecule has 0 saturated heterocycles. The van der Waals surface area contributed by atoms with E-state index < -0.39 is 5.92 Å². The van der Waals surface area contributed by atoms with Gasteiger partial charge in [-0.2, -0.15) is 0 Å². The molecule has 7 heteroatoms. The number of thioether (sulfide) groups is 1. The molecule has 2 aromatic rings. The summed E-state index contributed by atoms with van der Waals surface area (Å²) >= 11 is 5.40. The molecule has 29 heavy (non-hydrogen) atoms. The van der Waals surface area contributed by atoms with Crippen LogP contribution in [0.1, 0.15) is 24.0 Å². The molecule has 1 atom stereocenters. The fourth-order valence-electron chi connectivity index (χ4n) is 3.94. The molecule has 2 aromatic carbocycles. The predicted molar refractivity (Wildman–Crippen MR) is 118 cm³/mol. The van der Waals surface area contributed by atoms with Crippen LogP contribution in [0.4, 0.5) is 5.69 Å². The molecule has 0 spiro atoms. The van der Waals surface area contributed by atoms with Gasteiger partial charge in [-0.1, -0.05) is 18.2 Å². The Bertz CT molecular complexity index is 978. The fraction of sp³-hybridized carbons (Fsp3) is 0.364. The van der Waals surface area contributed by atoms with E-state index in [1.807, 2.05) is 39.2 Å². The number of carbonyl (C=O) groups excluding carboxylic acids is 1. The van der Waals surface area contributed by atoms with Gasteiger partial charge in [-0.3, -0.25) is 9.69 Å². The molecule has 0 amide bonds. The highest BCUT2D eigenvalue weighted by Crippen LogP contribution is 2.47. The van der Waals surface area contributed by atoms with E-state index >= 15 is 0 Å². The van der Waals surface area contributed by atoms with Crippen LogP contribution in [0, 0.1) is 0 Å². The number of benzene rings is 2. The zero-order valence-electron chi connectivity index (χ0n) is 16.8. The average Bonchev–Trinajstić information content (AvgIpc) is 2.99. The summed E-state index contributed by atoms with van der Waals surface area (Å²) in [7, 11) is 4.05. The van der Waals surface area contributed by atoms with Gasteiger partial charge >= 0.3 is 5.97 Å². The molecule has 0 radical (unpaired) electrons. The first-order valence-corrected chi connectivity index (χ1v) is 11.4. The van der Waals surface area contributed by atoms with Gasteiger partial charge < -0.3 is 9.47 Å². The molecule has 0 N–H and O–H groups in total. The third kappa shape index (κ3) is 3.83. The molecular formula is C22H24BrN2O3S+. The van der Waals surface area contributed by atoms with Crippen LogP contribution >= 0.6 is 27.7 Å². The van der Waals surface area contributed by atoms with Gasteiger partial charge in [0.2, 0.25) is 5.69 Å². The van der Waals surface area contributed by atoms with E-state index in [1.165, 1.54) is 4.90 Å². The maximum atomic E-state index is 13.1. The van der Waals surface area contributed by atoms with Crippen LogP contribution in [-0.4, -0.2) is 54.3 Å². The molecular weight excluding hydrogens is 452 g/mol. The van der Waals surface area contributed by atoms with Crippen LogP contribution in [0.3, 0.4) is 0 Å². The first-order chi connectivity index (χ1) is 14.0. The summed E-state index contributed by atoms with van der Waals surface area (Å²) in [6, 6.07) is 12.3. The number of fused-ring (bicyclic) bond motifs is 3. The van der Waals surface area contributed by atoms with Crippen molar-refractivity contribution in [3.05, 3.63) is 52.0 Å². The number of halogens is 1. The van der Waals surface area contributed by atoms with Crippen molar-refractivity contribution < 1.29 is 18.8 Å². The second-order valence-electron chi connectivity index (χ2n) is 7.22. The van der Waals surface area contributed by atoms with E-state index in [2.05, 4.69) is 43.6 Å². The fourth-order valence-corrected chi connectivity index (χ4v) is 5.53. The van der Waals surface area contributed by atoms with Crippen molar-refractivity contribution in [2.45, 2.75) is 24.3 Å². The van der Waals surface area contributed by atoms with Crippen molar-refractivity contribution in [3.8, 4) is 5.75 Å². The molecule has 152 valence electrons. The number of hydrogen-bond acceptors (Lipinski definition) is 5. The maximum absolute atomic E-state index is 13.1. The first-order valence-electron chi connectivity index (χ1n) is 9.61. The van der Waals surface area contributed by atoms with Crippen LogP contribution in [-0.2, 0) is 16.1 Å². The second-order valence-corrected chi connectivity index (χ2v) is 9.13. The largest absolute Gasteiger partial charge is 0.477 e. The molecule has 0 aliphatic carbocycles. The van der Waals surface area contributed by atoms with E-state index in [4.69, 9.17) is 9.47 Å². The van der Waals surface area contributed by atoms with E-state index in [1.54, 1.807) is 11.8 Å². The molecule has 2 aliphatic heterocycles. The lowest BCUT2D eigenvalue weighted by molar-refractivity contribution is -0.402. The highest BCUT2D eigenvalue weighted by Gasteiger charge is 2.46. The Hall–Kier alpha value is -1.83. The summed E-state index contributed by atoms with van der Waals surface area (Å²) in [5.41, 5.74) is 4.16. The molecule has 2 heterocycles. The molecule has 0 saturated carbocycles. The van der Waals surface area contributed by atoms with Gasteiger partial charge in [0.25, 0.3) is 0 Å². The number of nitrogens with zero attached hydrogens (tertiary/aromatic N) is 2. The van der Waals surface area contributed by atoms with Crippen molar-refractivity contribution in [2.75, 3.05) is 33.2 Å². The summed E-state index contributed by atoms with van der Waals surface area (Å²) in [6.07, 6.45) is 0. The third-order valence-corrected chi connectivity index (χ3v) is 6.91. The van der Waals surface area contributed by atoms with Gasteiger partial charge in [-0.05, 0) is 42.0 Å². The number of esters is 1. The molecule has 0 fully saturated rings. The molecule has 1 unspecified atom stereocenters. The Balaban J connectivity index is 1.78. The minimum Gasteiger partial charge on any atom is -0.477 e. The predicted octanol–water partition coefficient (Wildman–Crippen LogP) is 4.40. The average molecular weight is 476 g/mol. The Labute approximate surface area is 183 Å². The van der Waals surface area contributed by atoms with Crippen molar-refractivity contribution in [1.29, 1.82) is 0 Å². The van der Waals surface area contributed by atoms with Crippen molar-refractivity contribution in [2.24, 2.45) is 0 Å². The lowest BCUT2D eigenvalue weighted by atomic mass is 9.91. The summed E-state index contributed by atoms with van der Waals surface area (Å²) in [4.78, 5) is 16.4. The van der Waals surface area contributed by atoms with Crippen LogP contribution in [0.25, 0.3) is 0 Å². The zero-order chi connectivity index (χ0) is 20.5. The second kappa shape index (κ2) is 8.50. The van der Waals surface area contributed by atoms with Crippen molar-refractivity contribution in [1.82, 2.24) is 4.90 Å². The SMILES string of the molecule is CCOC(=O)C1C(CSc2ccccc2)=[N+](C)c2cc(Br)c3c(c21)CN(C)CO3. The lowest BCUT2D eigenvalue weighted by Gasteiger charge is -2.28. The standard InChI is InChI=1S/C22H24BrN2O3S/c1-4-27-22(26)20-18(12-29-14-8-6-5-7-9-14)25(3)17-10-16(23)21-15(19(17)20)11-24(2)13-28-21/h5-10,20H,4,11-13H2,1-3H3/q+1. The topological polar surface area (TPSA) is 41.8 Å². The third-order valence-electron chi connectivity index (χ3n) is 5.28. The molecule has 5 nitrogen and oxygen atoms in total. The van der Waals surface area contributed by atoms with E-state index in [0.717, 1.165) is 39.3 Å². The Morgan fingerprint density at radius 1 is 1.38 bits per heavy atom. The Morgan fingerprint density at radius 2 is 2.14 bits per heavy atom. The van der Waals surface area contributed by atoms with Gasteiger partial charge in [-0.25, -0.2) is 4.58 Å². The van der Waals surface area contributed by atoms with Crippen LogP contribution in [0.15, 0.2) is 45.8 Å². The van der Waals surface area contributed by atoms with Gasteiger partial charge in [0, 0.05) is 23.1 Å². The summed E-state index contributed by atoms with van der Waals surface area (Å²) in [5.74, 6) is 0.936. The highest BCUT2D eigenvalue weighted by atomic mass is 79.9. The summed E-state index contributed by atoms with van der Waals surface area (Å²) in [5, 5.41) is 0. The van der Waals surface area contributed by atoms with E-state index in [0.29, 0.717) is 19.1 Å². The number of ether oxygens (including phenoxy) is 2. The van der Waals surface area contributed by atoms with Crippen LogP contribution in [0.5, 0.6) is 5.75 Å². The minimum absolute atomic E-state index is 0.195. The Kier molecular flexibility index (Phi) is 5.99. The monoisotopic (exact) mass is 475 g/mol.